The zero-order valence-corrected chi connectivity index (χ0v) is 12.3. The molecular formula is C17H17N3O. The van der Waals surface area contributed by atoms with Gasteiger partial charge in [0.15, 0.2) is 0 Å². The number of nitrogens with zero attached hydrogens (tertiary/aromatic N) is 2. The molecule has 3 atom stereocenters. The van der Waals surface area contributed by atoms with Crippen molar-refractivity contribution in [2.24, 2.45) is 11.1 Å². The molecule has 0 bridgehead atoms. The Hall–Kier alpha value is -2.12. The van der Waals surface area contributed by atoms with Crippen LogP contribution in [0.5, 0.6) is 5.75 Å². The van der Waals surface area contributed by atoms with Gasteiger partial charge in [0.2, 0.25) is 0 Å². The Morgan fingerprint density at radius 3 is 2.76 bits per heavy atom. The number of nitrogens with two attached hydrogens (primary N) is 1. The molecule has 2 aliphatic rings. The van der Waals surface area contributed by atoms with Gasteiger partial charge in [-0.1, -0.05) is 20.8 Å². The number of hydrogen-bond donors (Lipinski definition) is 1. The van der Waals surface area contributed by atoms with E-state index < -0.39 is 0 Å². The average Bonchev–Trinajstić information content (AvgIpc) is 2.50. The Kier molecular flexibility index (Phi) is 2.13. The first-order chi connectivity index (χ1) is 9.92. The maximum atomic E-state index is 9.28. The lowest BCUT2D eigenvalue weighted by molar-refractivity contribution is -0.122. The molecular weight excluding hydrogens is 262 g/mol. The molecule has 4 nitrogen and oxygen atoms in total. The van der Waals surface area contributed by atoms with Crippen LogP contribution in [-0.2, 0) is 5.41 Å². The van der Waals surface area contributed by atoms with Crippen LogP contribution in [0.25, 0.3) is 10.9 Å². The van der Waals surface area contributed by atoms with E-state index in [9.17, 15) is 5.26 Å². The maximum absolute atomic E-state index is 9.28. The summed E-state index contributed by atoms with van der Waals surface area (Å²) < 4.78 is 6.26. The van der Waals surface area contributed by atoms with Gasteiger partial charge in [-0.3, -0.25) is 4.98 Å². The Morgan fingerprint density at radius 1 is 1.29 bits per heavy atom. The number of pyridine rings is 1. The van der Waals surface area contributed by atoms with Crippen molar-refractivity contribution in [3.05, 3.63) is 35.5 Å². The minimum Gasteiger partial charge on any atom is -0.488 e. The Labute approximate surface area is 123 Å². The summed E-state index contributed by atoms with van der Waals surface area (Å²) in [5.41, 5.74) is 8.62. The fourth-order valence-corrected chi connectivity index (χ4v) is 4.36. The highest BCUT2D eigenvalue weighted by Crippen LogP contribution is 2.60. The van der Waals surface area contributed by atoms with Gasteiger partial charge in [0, 0.05) is 28.5 Å². The fraction of sp³-hybridized carbons (Fsp3) is 0.412. The van der Waals surface area contributed by atoms with Gasteiger partial charge in [0.1, 0.15) is 17.9 Å². The highest BCUT2D eigenvalue weighted by molar-refractivity contribution is 5.94. The minimum absolute atomic E-state index is 0.0134. The van der Waals surface area contributed by atoms with Crippen molar-refractivity contribution >= 4 is 10.9 Å². The molecule has 4 heteroatoms. The molecule has 2 aromatic rings. The van der Waals surface area contributed by atoms with Gasteiger partial charge < -0.3 is 10.5 Å². The third-order valence-corrected chi connectivity index (χ3v) is 5.47. The van der Waals surface area contributed by atoms with Gasteiger partial charge in [0.05, 0.1) is 11.1 Å². The number of nitriles is 1. The number of fused-ring (bicyclic) bond motifs is 2. The SMILES string of the molecule is CC1(C)[C@H](N)C2(C)c3ccnc4c(C#N)ccc(c34)O[C@@H]12. The van der Waals surface area contributed by atoms with Crippen molar-refractivity contribution in [1.82, 2.24) is 4.98 Å². The van der Waals surface area contributed by atoms with E-state index in [-0.39, 0.29) is 23.0 Å². The second-order valence-electron chi connectivity index (χ2n) is 6.88. The second-order valence-corrected chi connectivity index (χ2v) is 6.88. The van der Waals surface area contributed by atoms with Crippen LogP contribution in [0.2, 0.25) is 0 Å². The summed E-state index contributed by atoms with van der Waals surface area (Å²) >= 11 is 0. The van der Waals surface area contributed by atoms with Gasteiger partial charge in [-0.25, -0.2) is 0 Å². The predicted molar refractivity (Wildman–Crippen MR) is 80.0 cm³/mol. The molecule has 1 saturated carbocycles. The molecule has 1 aliphatic carbocycles. The Bertz CT molecular complexity index is 821. The van der Waals surface area contributed by atoms with Gasteiger partial charge in [-0.15, -0.1) is 0 Å². The molecule has 0 radical (unpaired) electrons. The van der Waals surface area contributed by atoms with E-state index in [1.54, 1.807) is 12.3 Å². The molecule has 2 heterocycles. The van der Waals surface area contributed by atoms with Gasteiger partial charge in [0.25, 0.3) is 0 Å². The van der Waals surface area contributed by atoms with Crippen LogP contribution < -0.4 is 10.5 Å². The normalized spacial score (nSPS) is 31.8. The number of aromatic nitrogens is 1. The van der Waals surface area contributed by atoms with Crippen molar-refractivity contribution < 1.29 is 4.74 Å². The van der Waals surface area contributed by atoms with Crippen LogP contribution in [0, 0.1) is 16.7 Å². The lowest BCUT2D eigenvalue weighted by Crippen LogP contribution is -2.77. The smallest absolute Gasteiger partial charge is 0.129 e. The summed E-state index contributed by atoms with van der Waals surface area (Å²) in [5.74, 6) is 0.814. The molecule has 1 aromatic heterocycles. The molecule has 106 valence electrons. The van der Waals surface area contributed by atoms with Crippen molar-refractivity contribution in [2.75, 3.05) is 0 Å². The van der Waals surface area contributed by atoms with Crippen molar-refractivity contribution in [3.8, 4) is 11.8 Å². The predicted octanol–water partition coefficient (Wildman–Crippen LogP) is 2.49. The standard InChI is InChI=1S/C17H17N3O/c1-16(2)14(19)17(3)10-6-7-20-13-9(8-18)4-5-11(12(10)13)21-15(16)17/h4-7,14-15H,19H2,1-3H3/t14-,15-,17?/m0/s1. The van der Waals surface area contributed by atoms with Crippen LogP contribution >= 0.6 is 0 Å². The lowest BCUT2D eigenvalue weighted by atomic mass is 9.46. The van der Waals surface area contributed by atoms with E-state index in [1.807, 2.05) is 12.1 Å². The molecule has 1 aliphatic heterocycles. The highest BCUT2D eigenvalue weighted by Gasteiger charge is 2.67. The van der Waals surface area contributed by atoms with Crippen LogP contribution in [-0.4, -0.2) is 17.1 Å². The number of rotatable bonds is 0. The minimum atomic E-state index is -0.230. The molecule has 0 amide bonds. The molecule has 1 aromatic carbocycles. The fourth-order valence-electron chi connectivity index (χ4n) is 4.36. The van der Waals surface area contributed by atoms with Crippen molar-refractivity contribution in [1.29, 1.82) is 5.26 Å². The lowest BCUT2D eigenvalue weighted by Gasteiger charge is -2.64. The second kappa shape index (κ2) is 3.55. The first-order valence-corrected chi connectivity index (χ1v) is 7.17. The number of benzene rings is 1. The largest absolute Gasteiger partial charge is 0.488 e. The van der Waals surface area contributed by atoms with Crippen LogP contribution in [0.4, 0.5) is 0 Å². The Balaban J connectivity index is 2.08. The van der Waals surface area contributed by atoms with Gasteiger partial charge in [-0.05, 0) is 23.8 Å². The number of ether oxygens (including phenoxy) is 1. The van der Waals surface area contributed by atoms with E-state index in [1.165, 1.54) is 0 Å². The van der Waals surface area contributed by atoms with E-state index >= 15 is 0 Å². The molecule has 0 saturated heterocycles. The summed E-state index contributed by atoms with van der Waals surface area (Å²) in [4.78, 5) is 4.39. The van der Waals surface area contributed by atoms with Crippen LogP contribution in [0.3, 0.4) is 0 Å². The monoisotopic (exact) mass is 279 g/mol. The van der Waals surface area contributed by atoms with Gasteiger partial charge in [-0.2, -0.15) is 5.26 Å². The summed E-state index contributed by atoms with van der Waals surface area (Å²) in [5, 5.41) is 10.2. The summed E-state index contributed by atoms with van der Waals surface area (Å²) in [6.07, 6.45) is 1.82. The van der Waals surface area contributed by atoms with Crippen molar-refractivity contribution in [2.45, 2.75) is 38.3 Å². The molecule has 1 fully saturated rings. The summed E-state index contributed by atoms with van der Waals surface area (Å²) in [6, 6.07) is 7.91. The third kappa shape index (κ3) is 1.22. The first kappa shape index (κ1) is 12.6. The number of hydrogen-bond acceptors (Lipinski definition) is 4. The first-order valence-electron chi connectivity index (χ1n) is 7.17. The summed E-state index contributed by atoms with van der Waals surface area (Å²) in [7, 11) is 0. The summed E-state index contributed by atoms with van der Waals surface area (Å²) in [6.45, 7) is 6.46. The quantitative estimate of drug-likeness (QED) is 0.804. The molecule has 21 heavy (non-hydrogen) atoms. The van der Waals surface area contributed by atoms with E-state index in [4.69, 9.17) is 10.5 Å². The van der Waals surface area contributed by atoms with E-state index in [0.717, 1.165) is 16.7 Å². The average molecular weight is 279 g/mol. The van der Waals surface area contributed by atoms with E-state index in [2.05, 4.69) is 31.8 Å². The van der Waals surface area contributed by atoms with Crippen LogP contribution in [0.1, 0.15) is 31.9 Å². The molecule has 0 spiro atoms. The van der Waals surface area contributed by atoms with Crippen LogP contribution in [0.15, 0.2) is 24.4 Å². The molecule has 4 rings (SSSR count). The van der Waals surface area contributed by atoms with Gasteiger partial charge >= 0.3 is 0 Å². The molecule has 2 N–H and O–H groups in total. The van der Waals surface area contributed by atoms with E-state index in [0.29, 0.717) is 11.1 Å². The maximum Gasteiger partial charge on any atom is 0.129 e. The topological polar surface area (TPSA) is 71.9 Å². The molecule has 1 unspecified atom stereocenters. The highest BCUT2D eigenvalue weighted by atomic mass is 16.5. The third-order valence-electron chi connectivity index (χ3n) is 5.47. The zero-order chi connectivity index (χ0) is 15.0. The Morgan fingerprint density at radius 2 is 2.05 bits per heavy atom. The zero-order valence-electron chi connectivity index (χ0n) is 12.3. The van der Waals surface area contributed by atoms with Crippen molar-refractivity contribution in [3.63, 3.8) is 0 Å².